The molecule has 19 heavy (non-hydrogen) atoms. The van der Waals surface area contributed by atoms with Gasteiger partial charge in [0.25, 0.3) is 0 Å². The zero-order valence-corrected chi connectivity index (χ0v) is 11.8. The van der Waals surface area contributed by atoms with Gasteiger partial charge in [0.2, 0.25) is 0 Å². The molecule has 3 nitrogen and oxygen atoms in total. The van der Waals surface area contributed by atoms with Crippen molar-refractivity contribution in [3.05, 3.63) is 47.3 Å². The van der Waals surface area contributed by atoms with E-state index in [0.29, 0.717) is 5.92 Å². The Morgan fingerprint density at radius 1 is 1.21 bits per heavy atom. The van der Waals surface area contributed by atoms with Crippen molar-refractivity contribution >= 4 is 6.29 Å². The van der Waals surface area contributed by atoms with Crippen molar-refractivity contribution in [2.75, 3.05) is 7.11 Å². The van der Waals surface area contributed by atoms with Gasteiger partial charge in [0.1, 0.15) is 5.75 Å². The predicted molar refractivity (Wildman–Crippen MR) is 76.5 cm³/mol. The number of hydrogen-bond acceptors (Lipinski definition) is 2. The molecule has 1 aromatic heterocycles. The van der Waals surface area contributed by atoms with Crippen LogP contribution in [0.4, 0.5) is 0 Å². The van der Waals surface area contributed by atoms with Crippen molar-refractivity contribution in [1.82, 2.24) is 4.57 Å². The number of hydrogen-bond donors (Lipinski definition) is 0. The molecule has 0 radical (unpaired) electrons. The number of carbonyl (C=O) groups is 1. The van der Waals surface area contributed by atoms with Crippen LogP contribution >= 0.6 is 0 Å². The normalized spacial score (nSPS) is 10.8. The molecule has 1 aromatic carbocycles. The zero-order chi connectivity index (χ0) is 14.0. The van der Waals surface area contributed by atoms with Crippen molar-refractivity contribution in [2.45, 2.75) is 26.7 Å². The van der Waals surface area contributed by atoms with Gasteiger partial charge in [0, 0.05) is 22.6 Å². The Bertz CT molecular complexity index is 580. The minimum atomic E-state index is 0.356. The molecule has 1 heterocycles. The highest BCUT2D eigenvalue weighted by Gasteiger charge is 2.15. The van der Waals surface area contributed by atoms with Gasteiger partial charge >= 0.3 is 0 Å². The van der Waals surface area contributed by atoms with Gasteiger partial charge in [-0.05, 0) is 43.2 Å². The van der Waals surface area contributed by atoms with Crippen molar-refractivity contribution in [2.24, 2.45) is 0 Å². The summed E-state index contributed by atoms with van der Waals surface area (Å²) in [6.07, 6.45) is 0.918. The van der Waals surface area contributed by atoms with E-state index in [-0.39, 0.29) is 0 Å². The van der Waals surface area contributed by atoms with E-state index in [9.17, 15) is 4.79 Å². The third kappa shape index (κ3) is 2.41. The summed E-state index contributed by atoms with van der Waals surface area (Å²) in [5.74, 6) is 1.18. The largest absolute Gasteiger partial charge is 0.497 e. The van der Waals surface area contributed by atoms with Crippen LogP contribution < -0.4 is 4.74 Å². The Kier molecular flexibility index (Phi) is 3.74. The Morgan fingerprint density at radius 3 is 2.32 bits per heavy atom. The molecule has 2 aromatic rings. The SMILES string of the molecule is COc1ccc(-n2c(C(C)C)cc(C=O)c2C)cc1. The fourth-order valence-electron chi connectivity index (χ4n) is 2.27. The second-order valence-corrected chi connectivity index (χ2v) is 4.92. The summed E-state index contributed by atoms with van der Waals surface area (Å²) in [6.45, 7) is 6.23. The molecule has 0 bridgehead atoms. The van der Waals surface area contributed by atoms with E-state index in [1.165, 1.54) is 0 Å². The lowest BCUT2D eigenvalue weighted by Crippen LogP contribution is -2.03. The van der Waals surface area contributed by atoms with E-state index < -0.39 is 0 Å². The maximum Gasteiger partial charge on any atom is 0.151 e. The number of aromatic nitrogens is 1. The number of rotatable bonds is 4. The first-order valence-corrected chi connectivity index (χ1v) is 6.40. The fourth-order valence-corrected chi connectivity index (χ4v) is 2.27. The fraction of sp³-hybridized carbons (Fsp3) is 0.312. The van der Waals surface area contributed by atoms with Gasteiger partial charge < -0.3 is 9.30 Å². The second-order valence-electron chi connectivity index (χ2n) is 4.92. The lowest BCUT2D eigenvalue weighted by Gasteiger charge is -2.14. The Hall–Kier alpha value is -2.03. The van der Waals surface area contributed by atoms with Gasteiger partial charge in [-0.25, -0.2) is 0 Å². The predicted octanol–water partition coefficient (Wildman–Crippen LogP) is 3.73. The monoisotopic (exact) mass is 257 g/mol. The van der Waals surface area contributed by atoms with Crippen molar-refractivity contribution in [3.8, 4) is 11.4 Å². The number of aldehydes is 1. The molecule has 0 spiro atoms. The van der Waals surface area contributed by atoms with Gasteiger partial charge in [-0.3, -0.25) is 4.79 Å². The van der Waals surface area contributed by atoms with Gasteiger partial charge in [-0.2, -0.15) is 0 Å². The van der Waals surface area contributed by atoms with E-state index in [1.807, 2.05) is 37.3 Å². The number of nitrogens with zero attached hydrogens (tertiary/aromatic N) is 1. The highest BCUT2D eigenvalue weighted by Crippen LogP contribution is 2.26. The van der Waals surface area contributed by atoms with Crippen LogP contribution in [0.2, 0.25) is 0 Å². The Morgan fingerprint density at radius 2 is 1.84 bits per heavy atom. The zero-order valence-electron chi connectivity index (χ0n) is 11.8. The van der Waals surface area contributed by atoms with Gasteiger partial charge in [-0.15, -0.1) is 0 Å². The van der Waals surface area contributed by atoms with E-state index in [2.05, 4.69) is 18.4 Å². The van der Waals surface area contributed by atoms with Crippen LogP contribution in [0, 0.1) is 6.92 Å². The highest BCUT2D eigenvalue weighted by atomic mass is 16.5. The van der Waals surface area contributed by atoms with Crippen LogP contribution in [0.3, 0.4) is 0 Å². The van der Waals surface area contributed by atoms with Gasteiger partial charge in [-0.1, -0.05) is 13.8 Å². The number of benzene rings is 1. The number of carbonyl (C=O) groups excluding carboxylic acids is 1. The number of methoxy groups -OCH3 is 1. The molecule has 0 aliphatic heterocycles. The molecule has 0 atom stereocenters. The quantitative estimate of drug-likeness (QED) is 0.781. The standard InChI is InChI=1S/C16H19NO2/c1-11(2)16-9-13(10-18)12(3)17(16)14-5-7-15(19-4)8-6-14/h5-11H,1-4H3. The van der Waals surface area contributed by atoms with Crippen LogP contribution in [-0.4, -0.2) is 18.0 Å². The molecule has 0 amide bonds. The summed E-state index contributed by atoms with van der Waals surface area (Å²) < 4.78 is 7.31. The average molecular weight is 257 g/mol. The Balaban J connectivity index is 2.58. The first-order chi connectivity index (χ1) is 9.08. The van der Waals surface area contributed by atoms with Crippen molar-refractivity contribution < 1.29 is 9.53 Å². The average Bonchev–Trinajstić information content (AvgIpc) is 2.76. The molecule has 0 fully saturated rings. The van der Waals surface area contributed by atoms with Crippen molar-refractivity contribution in [1.29, 1.82) is 0 Å². The smallest absolute Gasteiger partial charge is 0.151 e. The third-order valence-corrected chi connectivity index (χ3v) is 3.36. The summed E-state index contributed by atoms with van der Waals surface area (Å²) in [5, 5.41) is 0. The van der Waals surface area contributed by atoms with Crippen LogP contribution in [0.1, 0.15) is 41.5 Å². The topological polar surface area (TPSA) is 31.2 Å². The maximum atomic E-state index is 11.1. The van der Waals surface area contributed by atoms with Crippen LogP contribution in [0.25, 0.3) is 5.69 Å². The van der Waals surface area contributed by atoms with E-state index in [4.69, 9.17) is 4.74 Å². The third-order valence-electron chi connectivity index (χ3n) is 3.36. The molecule has 0 unspecified atom stereocenters. The molecule has 0 aliphatic carbocycles. The molecule has 2 rings (SSSR count). The van der Waals surface area contributed by atoms with Crippen LogP contribution in [0.15, 0.2) is 30.3 Å². The minimum absolute atomic E-state index is 0.356. The van der Waals surface area contributed by atoms with Gasteiger partial charge in [0.15, 0.2) is 6.29 Å². The van der Waals surface area contributed by atoms with E-state index >= 15 is 0 Å². The lowest BCUT2D eigenvalue weighted by atomic mass is 10.1. The van der Waals surface area contributed by atoms with Crippen molar-refractivity contribution in [3.63, 3.8) is 0 Å². The first-order valence-electron chi connectivity index (χ1n) is 6.40. The van der Waals surface area contributed by atoms with Gasteiger partial charge in [0.05, 0.1) is 7.11 Å². The summed E-state index contributed by atoms with van der Waals surface area (Å²) >= 11 is 0. The summed E-state index contributed by atoms with van der Waals surface area (Å²) in [4.78, 5) is 11.1. The van der Waals surface area contributed by atoms with E-state index in [0.717, 1.165) is 34.7 Å². The molecule has 0 saturated heterocycles. The second kappa shape index (κ2) is 5.31. The van der Waals surface area contributed by atoms with E-state index in [1.54, 1.807) is 7.11 Å². The summed E-state index contributed by atoms with van der Waals surface area (Å²) in [5.41, 5.74) is 3.92. The Labute approximate surface area is 113 Å². The molecular formula is C16H19NO2. The molecule has 0 N–H and O–H groups in total. The number of ether oxygens (including phenoxy) is 1. The molecule has 0 aliphatic rings. The molecule has 0 saturated carbocycles. The lowest BCUT2D eigenvalue weighted by molar-refractivity contribution is 0.112. The highest BCUT2D eigenvalue weighted by molar-refractivity contribution is 5.78. The minimum Gasteiger partial charge on any atom is -0.497 e. The van der Waals surface area contributed by atoms with Crippen LogP contribution in [0.5, 0.6) is 5.75 Å². The summed E-state index contributed by atoms with van der Waals surface area (Å²) in [7, 11) is 1.65. The molecule has 100 valence electrons. The molecule has 3 heteroatoms. The summed E-state index contributed by atoms with van der Waals surface area (Å²) in [6, 6.07) is 9.84. The van der Waals surface area contributed by atoms with Crippen LogP contribution in [-0.2, 0) is 0 Å². The maximum absolute atomic E-state index is 11.1. The molecular weight excluding hydrogens is 238 g/mol. The first kappa shape index (κ1) is 13.4.